The minimum absolute atomic E-state index is 0.0172. The van der Waals surface area contributed by atoms with Crippen molar-refractivity contribution < 1.29 is 24.9 Å². The van der Waals surface area contributed by atoms with Crippen LogP contribution in [-0.4, -0.2) is 45.2 Å². The average molecular weight is 487 g/mol. The Balaban J connectivity index is 2.29. The molecule has 196 valence electrons. The van der Waals surface area contributed by atoms with Crippen LogP contribution < -0.4 is 0 Å². The molecule has 0 spiro atoms. The smallest absolute Gasteiger partial charge is 0.213 e. The molecule has 0 saturated heterocycles. The zero-order valence-electron chi connectivity index (χ0n) is 21.5. The predicted octanol–water partition coefficient (Wildman–Crippen LogP) is 5.96. The number of benzene rings is 1. The van der Waals surface area contributed by atoms with Gasteiger partial charge in [0.15, 0.2) is 11.6 Å². The molecular formula is C30H46O5. The van der Waals surface area contributed by atoms with Crippen molar-refractivity contribution in [2.75, 3.05) is 6.61 Å². The molecule has 5 heteroatoms. The molecule has 0 heterocycles. The van der Waals surface area contributed by atoms with E-state index in [1.54, 1.807) is 24.3 Å². The van der Waals surface area contributed by atoms with Gasteiger partial charge in [-0.25, -0.2) is 0 Å². The Morgan fingerprint density at radius 3 is 1.97 bits per heavy atom. The SMILES string of the molecule is CCCCCCCC/C=C\CCCCCCCC(=O)C(O)(C(=O)C=Cc1ccccc1)C(O)CO. The number of carbonyl (C=O) groups excluding carboxylic acids is 2. The first kappa shape index (κ1) is 31.0. The molecule has 0 saturated carbocycles. The summed E-state index contributed by atoms with van der Waals surface area (Å²) in [6.07, 6.45) is 19.9. The summed E-state index contributed by atoms with van der Waals surface area (Å²) in [5.74, 6) is -1.67. The summed E-state index contributed by atoms with van der Waals surface area (Å²) in [5.41, 5.74) is -1.90. The van der Waals surface area contributed by atoms with Crippen molar-refractivity contribution in [2.45, 2.75) is 109 Å². The van der Waals surface area contributed by atoms with E-state index in [0.717, 1.165) is 50.2 Å². The van der Waals surface area contributed by atoms with Gasteiger partial charge in [-0.15, -0.1) is 0 Å². The molecule has 0 aliphatic heterocycles. The molecule has 0 bridgehead atoms. The van der Waals surface area contributed by atoms with Gasteiger partial charge < -0.3 is 15.3 Å². The molecule has 2 unspecified atom stereocenters. The highest BCUT2D eigenvalue weighted by Gasteiger charge is 2.47. The van der Waals surface area contributed by atoms with E-state index in [2.05, 4.69) is 19.1 Å². The third kappa shape index (κ3) is 12.4. The third-order valence-corrected chi connectivity index (χ3v) is 6.35. The Bertz CT molecular complexity index is 755. The maximum absolute atomic E-state index is 12.7. The fourth-order valence-corrected chi connectivity index (χ4v) is 4.03. The van der Waals surface area contributed by atoms with Crippen molar-refractivity contribution >= 4 is 17.6 Å². The zero-order valence-corrected chi connectivity index (χ0v) is 21.5. The van der Waals surface area contributed by atoms with Gasteiger partial charge in [-0.3, -0.25) is 9.59 Å². The number of ketones is 2. The van der Waals surface area contributed by atoms with Crippen molar-refractivity contribution in [3.05, 3.63) is 54.1 Å². The van der Waals surface area contributed by atoms with Gasteiger partial charge in [0.05, 0.1) is 6.61 Å². The van der Waals surface area contributed by atoms with Gasteiger partial charge in [0, 0.05) is 6.42 Å². The van der Waals surface area contributed by atoms with Crippen molar-refractivity contribution in [2.24, 2.45) is 0 Å². The number of rotatable bonds is 21. The first-order chi connectivity index (χ1) is 17.0. The molecule has 35 heavy (non-hydrogen) atoms. The fraction of sp³-hybridized carbons (Fsp3) is 0.600. The molecule has 0 aliphatic carbocycles. The topological polar surface area (TPSA) is 94.8 Å². The summed E-state index contributed by atoms with van der Waals surface area (Å²) in [6.45, 7) is 1.36. The van der Waals surface area contributed by atoms with Crippen LogP contribution in [0.1, 0.15) is 102 Å². The molecule has 0 aliphatic rings. The molecule has 1 aromatic rings. The standard InChI is InChI=1S/C30H46O5/c1-2-3-4-5-6-7-8-9-10-11-12-13-14-15-19-22-27(32)30(35,29(34)25-31)28(33)24-23-26-20-17-16-18-21-26/h9-10,16-18,20-21,23-24,29,31,34-35H,2-8,11-15,19,22,25H2,1H3/b10-9-,24-23?. The second kappa shape index (κ2) is 19.1. The highest BCUT2D eigenvalue weighted by Crippen LogP contribution is 2.20. The lowest BCUT2D eigenvalue weighted by atomic mass is 9.84. The molecule has 0 radical (unpaired) electrons. The predicted molar refractivity (Wildman–Crippen MR) is 143 cm³/mol. The van der Waals surface area contributed by atoms with E-state index in [0.29, 0.717) is 6.42 Å². The van der Waals surface area contributed by atoms with Crippen LogP contribution in [0.4, 0.5) is 0 Å². The van der Waals surface area contributed by atoms with E-state index < -0.39 is 29.9 Å². The van der Waals surface area contributed by atoms with Crippen LogP contribution in [0.2, 0.25) is 0 Å². The van der Waals surface area contributed by atoms with E-state index >= 15 is 0 Å². The Labute approximate surface area is 212 Å². The van der Waals surface area contributed by atoms with Crippen LogP contribution in [-0.2, 0) is 9.59 Å². The number of aliphatic hydroxyl groups is 3. The summed E-state index contributed by atoms with van der Waals surface area (Å²) in [5, 5.41) is 30.1. The summed E-state index contributed by atoms with van der Waals surface area (Å²) < 4.78 is 0. The number of hydrogen-bond acceptors (Lipinski definition) is 5. The van der Waals surface area contributed by atoms with E-state index in [1.807, 2.05) is 6.07 Å². The van der Waals surface area contributed by atoms with Gasteiger partial charge in [-0.1, -0.05) is 107 Å². The van der Waals surface area contributed by atoms with Crippen LogP contribution in [0.25, 0.3) is 6.08 Å². The van der Waals surface area contributed by atoms with Crippen LogP contribution in [0.3, 0.4) is 0 Å². The van der Waals surface area contributed by atoms with E-state index in [9.17, 15) is 24.9 Å². The van der Waals surface area contributed by atoms with Crippen LogP contribution in [0.15, 0.2) is 48.6 Å². The Morgan fingerprint density at radius 1 is 0.857 bits per heavy atom. The van der Waals surface area contributed by atoms with Gasteiger partial charge in [0.2, 0.25) is 5.60 Å². The molecule has 0 fully saturated rings. The lowest BCUT2D eigenvalue weighted by Crippen LogP contribution is -2.56. The molecule has 2 atom stereocenters. The first-order valence-electron chi connectivity index (χ1n) is 13.4. The molecular weight excluding hydrogens is 440 g/mol. The first-order valence-corrected chi connectivity index (χ1v) is 13.4. The largest absolute Gasteiger partial charge is 0.394 e. The van der Waals surface area contributed by atoms with E-state index in [1.165, 1.54) is 44.6 Å². The van der Waals surface area contributed by atoms with Crippen molar-refractivity contribution in [3.8, 4) is 0 Å². The number of unbranched alkanes of at least 4 members (excludes halogenated alkanes) is 11. The zero-order chi connectivity index (χ0) is 25.8. The summed E-state index contributed by atoms with van der Waals surface area (Å²) in [7, 11) is 0. The third-order valence-electron chi connectivity index (χ3n) is 6.35. The van der Waals surface area contributed by atoms with Crippen LogP contribution >= 0.6 is 0 Å². The lowest BCUT2D eigenvalue weighted by molar-refractivity contribution is -0.163. The molecule has 1 rings (SSSR count). The highest BCUT2D eigenvalue weighted by atomic mass is 16.4. The number of carbonyl (C=O) groups is 2. The van der Waals surface area contributed by atoms with Gasteiger partial charge in [-0.2, -0.15) is 0 Å². The minimum atomic E-state index is -2.62. The number of allylic oxidation sites excluding steroid dienone is 2. The minimum Gasteiger partial charge on any atom is -0.394 e. The Morgan fingerprint density at radius 2 is 1.40 bits per heavy atom. The number of Topliss-reactive ketones (excluding diaryl/α,β-unsaturated/α-hetero) is 1. The van der Waals surface area contributed by atoms with Gasteiger partial charge >= 0.3 is 0 Å². The summed E-state index contributed by atoms with van der Waals surface area (Å²) in [4.78, 5) is 25.3. The second-order valence-corrected chi connectivity index (χ2v) is 9.33. The van der Waals surface area contributed by atoms with Crippen molar-refractivity contribution in [1.82, 2.24) is 0 Å². The highest BCUT2D eigenvalue weighted by molar-refractivity contribution is 6.16. The van der Waals surface area contributed by atoms with Gasteiger partial charge in [0.1, 0.15) is 6.10 Å². The summed E-state index contributed by atoms with van der Waals surface area (Å²) >= 11 is 0. The molecule has 0 aromatic heterocycles. The average Bonchev–Trinajstić information content (AvgIpc) is 2.88. The van der Waals surface area contributed by atoms with Crippen molar-refractivity contribution in [1.29, 1.82) is 0 Å². The fourth-order valence-electron chi connectivity index (χ4n) is 4.03. The quantitative estimate of drug-likeness (QED) is 0.0862. The van der Waals surface area contributed by atoms with Gasteiger partial charge in [-0.05, 0) is 43.7 Å². The number of aliphatic hydroxyl groups excluding tert-OH is 2. The van der Waals surface area contributed by atoms with Crippen LogP contribution in [0.5, 0.6) is 0 Å². The van der Waals surface area contributed by atoms with Crippen molar-refractivity contribution in [3.63, 3.8) is 0 Å². The van der Waals surface area contributed by atoms with Crippen LogP contribution in [0, 0.1) is 0 Å². The van der Waals surface area contributed by atoms with E-state index in [4.69, 9.17) is 0 Å². The van der Waals surface area contributed by atoms with Gasteiger partial charge in [0.25, 0.3) is 0 Å². The maximum atomic E-state index is 12.7. The van der Waals surface area contributed by atoms with E-state index in [-0.39, 0.29) is 6.42 Å². The second-order valence-electron chi connectivity index (χ2n) is 9.33. The summed E-state index contributed by atoms with van der Waals surface area (Å²) in [6, 6.07) is 8.99. The molecule has 5 nitrogen and oxygen atoms in total. The lowest BCUT2D eigenvalue weighted by Gasteiger charge is -2.28. The molecule has 0 amide bonds. The Hall–Kier alpha value is -2.08. The maximum Gasteiger partial charge on any atom is 0.213 e. The Kier molecular flexibility index (Phi) is 16.9. The monoisotopic (exact) mass is 486 g/mol. The molecule has 3 N–H and O–H groups in total. The normalized spacial score (nSPS) is 14.4. The molecule has 1 aromatic carbocycles. The number of hydrogen-bond donors (Lipinski definition) is 3.